The largest absolute Gasteiger partial charge is 0.454 e. The van der Waals surface area contributed by atoms with E-state index in [9.17, 15) is 0 Å². The van der Waals surface area contributed by atoms with Crippen LogP contribution in [0.5, 0.6) is 0 Å². The lowest BCUT2D eigenvalue weighted by Gasteiger charge is -2.33. The molecule has 0 radical (unpaired) electrons. The van der Waals surface area contributed by atoms with Gasteiger partial charge in [-0.3, -0.25) is 0 Å². The number of halogens is 1. The standard InChI is InChI=1S/C34H28FN2O/c1-22-16-17-25-26-18-19-28(35)31(34(26)38-33(25)30(22)29-15-6-7-20-36(29)2)27-14-8-10-23-11-9-21-37(32(23)27)24-12-4-3-5-13-24/h3-8,10,12-20H,9,11,21H2,1-2H3/q+1/i11D2. The van der Waals surface area contributed by atoms with E-state index in [0.29, 0.717) is 46.5 Å². The van der Waals surface area contributed by atoms with Crippen LogP contribution in [0.1, 0.15) is 20.3 Å². The molecule has 2 aromatic heterocycles. The molecule has 4 aromatic carbocycles. The number of benzene rings is 4. The molecule has 4 heteroatoms. The van der Waals surface area contributed by atoms with Crippen LogP contribution in [0.15, 0.2) is 102 Å². The van der Waals surface area contributed by atoms with Crippen molar-refractivity contribution in [1.29, 1.82) is 0 Å². The molecule has 0 N–H and O–H groups in total. The minimum absolute atomic E-state index is 0.340. The van der Waals surface area contributed by atoms with Gasteiger partial charge in [0.2, 0.25) is 5.69 Å². The average molecular weight is 502 g/mol. The van der Waals surface area contributed by atoms with Crippen molar-refractivity contribution < 1.29 is 16.1 Å². The van der Waals surface area contributed by atoms with Gasteiger partial charge in [0.25, 0.3) is 0 Å². The van der Waals surface area contributed by atoms with Crippen LogP contribution in [0.25, 0.3) is 44.3 Å². The van der Waals surface area contributed by atoms with Crippen molar-refractivity contribution in [2.75, 3.05) is 11.4 Å². The Morgan fingerprint density at radius 3 is 2.42 bits per heavy atom. The van der Waals surface area contributed by atoms with Gasteiger partial charge in [0.05, 0.1) is 16.8 Å². The first kappa shape index (κ1) is 20.6. The molecule has 7 rings (SSSR count). The second-order valence-corrected chi connectivity index (χ2v) is 9.85. The minimum Gasteiger partial charge on any atom is -0.454 e. The number of aromatic nitrogens is 1. The van der Waals surface area contributed by atoms with Crippen LogP contribution < -0.4 is 9.47 Å². The second kappa shape index (κ2) is 8.84. The molecular weight excluding hydrogens is 471 g/mol. The van der Waals surface area contributed by atoms with E-state index >= 15 is 4.39 Å². The maximum Gasteiger partial charge on any atom is 0.216 e. The van der Waals surface area contributed by atoms with E-state index in [1.807, 2.05) is 80.0 Å². The van der Waals surface area contributed by atoms with Gasteiger partial charge in [0.15, 0.2) is 6.20 Å². The van der Waals surface area contributed by atoms with Crippen LogP contribution in [0, 0.1) is 12.7 Å². The molecule has 0 bridgehead atoms. The molecule has 0 spiro atoms. The number of fused-ring (bicyclic) bond motifs is 4. The quantitative estimate of drug-likeness (QED) is 0.227. The fraction of sp³-hybridized carbons (Fsp3) is 0.147. The number of nitrogens with zero attached hydrogens (tertiary/aromatic N) is 2. The Hall–Kier alpha value is -4.44. The number of pyridine rings is 1. The molecule has 0 saturated carbocycles. The van der Waals surface area contributed by atoms with Crippen LogP contribution in [0.4, 0.5) is 15.8 Å². The van der Waals surface area contributed by atoms with Crippen molar-refractivity contribution in [2.45, 2.75) is 19.7 Å². The SMILES string of the molecule is [2H]C1([2H])CCN(c2ccccc2)c2c(-c3c(F)ccc4c3oc3c(-c5cccc[n+]5C)c(C)ccc34)cccc21. The lowest BCUT2D eigenvalue weighted by molar-refractivity contribution is -0.660. The van der Waals surface area contributed by atoms with E-state index in [2.05, 4.69) is 28.5 Å². The number of anilines is 2. The summed E-state index contributed by atoms with van der Waals surface area (Å²) in [5.74, 6) is -0.400. The molecule has 0 aliphatic carbocycles. The Kier molecular flexibility index (Phi) is 4.79. The molecule has 0 fully saturated rings. The van der Waals surface area contributed by atoms with E-state index in [1.165, 1.54) is 6.07 Å². The average Bonchev–Trinajstić information content (AvgIpc) is 3.32. The summed E-state index contributed by atoms with van der Waals surface area (Å²) in [5, 5.41) is 1.75. The van der Waals surface area contributed by atoms with Gasteiger partial charge in [-0.2, -0.15) is 0 Å². The predicted octanol–water partition coefficient (Wildman–Crippen LogP) is 8.28. The summed E-state index contributed by atoms with van der Waals surface area (Å²) in [5.41, 5.74) is 7.38. The Bertz CT molecular complexity index is 1930. The smallest absolute Gasteiger partial charge is 0.216 e. The summed E-state index contributed by atoms with van der Waals surface area (Å²) in [6.45, 7) is 2.54. The van der Waals surface area contributed by atoms with E-state index in [4.69, 9.17) is 7.16 Å². The van der Waals surface area contributed by atoms with Gasteiger partial charge in [-0.05, 0) is 61.2 Å². The normalized spacial score (nSPS) is 15.4. The first-order valence-corrected chi connectivity index (χ1v) is 12.9. The number of hydrogen-bond donors (Lipinski definition) is 0. The second-order valence-electron chi connectivity index (χ2n) is 9.85. The Morgan fingerprint density at radius 1 is 0.842 bits per heavy atom. The Morgan fingerprint density at radius 2 is 1.61 bits per heavy atom. The highest BCUT2D eigenvalue weighted by molar-refractivity contribution is 6.14. The minimum atomic E-state index is -1.54. The van der Waals surface area contributed by atoms with Crippen molar-refractivity contribution in [3.63, 3.8) is 0 Å². The van der Waals surface area contributed by atoms with Gasteiger partial charge in [-0.15, -0.1) is 0 Å². The highest BCUT2D eigenvalue weighted by atomic mass is 19.1. The summed E-state index contributed by atoms with van der Waals surface area (Å²) in [6, 6.07) is 28.9. The number of hydrogen-bond acceptors (Lipinski definition) is 2. The van der Waals surface area contributed by atoms with E-state index in [0.717, 1.165) is 33.3 Å². The Labute approximate surface area is 224 Å². The number of para-hydroxylation sites is 2. The maximum atomic E-state index is 16.0. The molecule has 0 atom stereocenters. The fourth-order valence-electron chi connectivity index (χ4n) is 5.79. The van der Waals surface area contributed by atoms with Crippen molar-refractivity contribution in [3.8, 4) is 22.4 Å². The molecule has 1 aliphatic rings. The zero-order chi connectivity index (χ0) is 27.6. The van der Waals surface area contributed by atoms with Gasteiger partial charge < -0.3 is 9.32 Å². The Balaban J connectivity index is 1.56. The van der Waals surface area contributed by atoms with Crippen LogP contribution in [0.3, 0.4) is 0 Å². The highest BCUT2D eigenvalue weighted by Crippen LogP contribution is 2.46. The third kappa shape index (κ3) is 3.44. The van der Waals surface area contributed by atoms with Gasteiger partial charge in [-0.1, -0.05) is 48.5 Å². The van der Waals surface area contributed by atoms with Crippen molar-refractivity contribution in [2.24, 2.45) is 7.05 Å². The summed E-state index contributed by atoms with van der Waals surface area (Å²) < 4.78 is 42.4. The van der Waals surface area contributed by atoms with Crippen molar-refractivity contribution in [3.05, 3.63) is 114 Å². The molecule has 1 aliphatic heterocycles. The molecule has 186 valence electrons. The summed E-state index contributed by atoms with van der Waals surface area (Å²) >= 11 is 0. The monoisotopic (exact) mass is 501 g/mol. The van der Waals surface area contributed by atoms with Crippen LogP contribution in [-0.4, -0.2) is 6.54 Å². The first-order valence-electron chi connectivity index (χ1n) is 13.9. The van der Waals surface area contributed by atoms with E-state index in [-0.39, 0.29) is 0 Å². The zero-order valence-electron chi connectivity index (χ0n) is 23.3. The number of aryl methyl sites for hydroxylation is 3. The molecule has 0 amide bonds. The fourth-order valence-corrected chi connectivity index (χ4v) is 5.79. The van der Waals surface area contributed by atoms with Gasteiger partial charge >= 0.3 is 0 Å². The summed E-state index contributed by atoms with van der Waals surface area (Å²) in [7, 11) is 2.00. The van der Waals surface area contributed by atoms with Gasteiger partial charge in [0, 0.05) is 43.4 Å². The molecule has 3 heterocycles. The molecule has 3 nitrogen and oxygen atoms in total. The molecule has 6 aromatic rings. The first-order chi connectivity index (χ1) is 19.3. The highest BCUT2D eigenvalue weighted by Gasteiger charge is 2.27. The van der Waals surface area contributed by atoms with Crippen LogP contribution in [0.2, 0.25) is 0 Å². The molecule has 0 unspecified atom stereocenters. The predicted molar refractivity (Wildman–Crippen MR) is 152 cm³/mol. The van der Waals surface area contributed by atoms with Crippen molar-refractivity contribution in [1.82, 2.24) is 0 Å². The van der Waals surface area contributed by atoms with E-state index in [1.54, 1.807) is 6.07 Å². The van der Waals surface area contributed by atoms with Gasteiger partial charge in [-0.25, -0.2) is 8.96 Å². The molecule has 0 saturated heterocycles. The lowest BCUT2D eigenvalue weighted by Crippen LogP contribution is -2.30. The van der Waals surface area contributed by atoms with E-state index < -0.39 is 12.2 Å². The number of rotatable bonds is 3. The van der Waals surface area contributed by atoms with Crippen LogP contribution in [-0.2, 0) is 13.4 Å². The van der Waals surface area contributed by atoms with Crippen LogP contribution >= 0.6 is 0 Å². The zero-order valence-corrected chi connectivity index (χ0v) is 21.3. The topological polar surface area (TPSA) is 20.3 Å². The van der Waals surface area contributed by atoms with Gasteiger partial charge in [0.1, 0.15) is 24.0 Å². The lowest BCUT2D eigenvalue weighted by atomic mass is 9.92. The summed E-state index contributed by atoms with van der Waals surface area (Å²) in [4.78, 5) is 2.10. The number of furan rings is 1. The third-order valence-corrected chi connectivity index (χ3v) is 7.57. The summed E-state index contributed by atoms with van der Waals surface area (Å²) in [6.07, 6.45) is 0.803. The molecule has 38 heavy (non-hydrogen) atoms. The van der Waals surface area contributed by atoms with Crippen molar-refractivity contribution >= 4 is 33.3 Å². The maximum absolute atomic E-state index is 16.0. The molecular formula is C34H28FN2O+. The third-order valence-electron chi connectivity index (χ3n) is 7.57.